The molecule has 132 valence electrons. The van der Waals surface area contributed by atoms with Gasteiger partial charge in [-0.3, -0.25) is 8.97 Å². The predicted molar refractivity (Wildman–Crippen MR) is 109 cm³/mol. The van der Waals surface area contributed by atoms with E-state index in [1.807, 2.05) is 71.3 Å². The minimum absolute atomic E-state index is 0.0345. The molecule has 0 saturated heterocycles. The summed E-state index contributed by atoms with van der Waals surface area (Å²) in [6.07, 6.45) is 0. The highest BCUT2D eigenvalue weighted by atomic mass is 16.5. The third-order valence-electron chi connectivity index (χ3n) is 5.09. The maximum absolute atomic E-state index is 13.5. The fourth-order valence-electron chi connectivity index (χ4n) is 3.79. The van der Waals surface area contributed by atoms with Crippen molar-refractivity contribution in [1.82, 2.24) is 8.97 Å². The summed E-state index contributed by atoms with van der Waals surface area (Å²) in [5.41, 5.74) is 3.81. The van der Waals surface area contributed by atoms with Gasteiger partial charge in [-0.15, -0.1) is 0 Å². The summed E-state index contributed by atoms with van der Waals surface area (Å²) < 4.78 is 9.00. The van der Waals surface area contributed by atoms with Gasteiger partial charge in [0.1, 0.15) is 5.75 Å². The molecule has 0 unspecified atom stereocenters. The quantitative estimate of drug-likeness (QED) is 0.479. The first kappa shape index (κ1) is 15.7. The van der Waals surface area contributed by atoms with E-state index in [1.165, 1.54) is 0 Å². The highest BCUT2D eigenvalue weighted by Gasteiger charge is 2.14. The number of para-hydroxylation sites is 1. The lowest BCUT2D eigenvalue weighted by molar-refractivity contribution is 0.415. The number of ether oxygens (including phenoxy) is 1. The Morgan fingerprint density at radius 1 is 0.815 bits per heavy atom. The Kier molecular flexibility index (Phi) is 3.50. The molecule has 0 saturated carbocycles. The average Bonchev–Trinajstić information content (AvgIpc) is 3.11. The lowest BCUT2D eigenvalue weighted by atomic mass is 10.2. The van der Waals surface area contributed by atoms with Crippen LogP contribution in [0, 0.1) is 0 Å². The van der Waals surface area contributed by atoms with Gasteiger partial charge in [-0.05, 0) is 35.9 Å². The average molecular weight is 354 g/mol. The summed E-state index contributed by atoms with van der Waals surface area (Å²) in [7, 11) is 1.65. The van der Waals surface area contributed by atoms with Gasteiger partial charge in [0, 0.05) is 10.8 Å². The molecule has 0 radical (unpaired) electrons. The number of benzene rings is 3. The van der Waals surface area contributed by atoms with Gasteiger partial charge < -0.3 is 4.74 Å². The molecule has 0 atom stereocenters. The molecule has 4 nitrogen and oxygen atoms in total. The standard InChI is InChI=1S/C23H18N2O2/c1-27-18-11-12-20-17(13-18)14-22-19-9-5-6-10-21(19)24(23(26)25(20)22)15-16-7-3-2-4-8-16/h2-14H,15H2,1H3. The molecule has 0 fully saturated rings. The zero-order valence-electron chi connectivity index (χ0n) is 14.9. The van der Waals surface area contributed by atoms with Gasteiger partial charge in [-0.25, -0.2) is 4.79 Å². The molecule has 0 N–H and O–H groups in total. The Morgan fingerprint density at radius 3 is 2.41 bits per heavy atom. The van der Waals surface area contributed by atoms with E-state index in [2.05, 4.69) is 12.1 Å². The molecule has 0 bridgehead atoms. The van der Waals surface area contributed by atoms with Crippen LogP contribution in [-0.4, -0.2) is 16.1 Å². The molecular weight excluding hydrogens is 336 g/mol. The molecule has 2 heterocycles. The van der Waals surface area contributed by atoms with Crippen LogP contribution in [-0.2, 0) is 6.54 Å². The Hall–Kier alpha value is -3.53. The van der Waals surface area contributed by atoms with Gasteiger partial charge >= 0.3 is 5.69 Å². The third kappa shape index (κ3) is 2.41. The van der Waals surface area contributed by atoms with Crippen LogP contribution in [0.4, 0.5) is 0 Å². The van der Waals surface area contributed by atoms with Crippen molar-refractivity contribution in [1.29, 1.82) is 0 Å². The fraction of sp³-hybridized carbons (Fsp3) is 0.0870. The van der Waals surface area contributed by atoms with Crippen LogP contribution in [0.1, 0.15) is 5.56 Å². The Bertz CT molecular complexity index is 1350. The maximum atomic E-state index is 13.5. The molecule has 0 amide bonds. The summed E-state index contributed by atoms with van der Waals surface area (Å²) in [4.78, 5) is 13.5. The fourth-order valence-corrected chi connectivity index (χ4v) is 3.79. The van der Waals surface area contributed by atoms with E-state index < -0.39 is 0 Å². The lowest BCUT2D eigenvalue weighted by Gasteiger charge is -2.13. The van der Waals surface area contributed by atoms with Crippen molar-refractivity contribution >= 4 is 27.3 Å². The largest absolute Gasteiger partial charge is 0.497 e. The van der Waals surface area contributed by atoms with Gasteiger partial charge in [0.2, 0.25) is 0 Å². The van der Waals surface area contributed by atoms with Gasteiger partial charge in [-0.1, -0.05) is 48.5 Å². The second-order valence-electron chi connectivity index (χ2n) is 6.66. The predicted octanol–water partition coefficient (Wildman–Crippen LogP) is 4.46. The Labute approximate surface area is 155 Å². The van der Waals surface area contributed by atoms with Crippen LogP contribution in [0.25, 0.3) is 27.3 Å². The van der Waals surface area contributed by atoms with Gasteiger partial charge in [0.15, 0.2) is 0 Å². The number of hydrogen-bond donors (Lipinski definition) is 0. The molecule has 5 rings (SSSR count). The summed E-state index contributed by atoms with van der Waals surface area (Å²) >= 11 is 0. The Morgan fingerprint density at radius 2 is 1.59 bits per heavy atom. The van der Waals surface area contributed by atoms with Crippen molar-refractivity contribution in [3.8, 4) is 5.75 Å². The van der Waals surface area contributed by atoms with Crippen LogP contribution in [0.15, 0.2) is 83.7 Å². The van der Waals surface area contributed by atoms with Crippen molar-refractivity contribution in [2.75, 3.05) is 7.11 Å². The van der Waals surface area contributed by atoms with Gasteiger partial charge in [0.05, 0.1) is 30.2 Å². The first-order chi connectivity index (χ1) is 13.3. The second-order valence-corrected chi connectivity index (χ2v) is 6.66. The molecule has 0 spiro atoms. The number of methoxy groups -OCH3 is 1. The monoisotopic (exact) mass is 354 g/mol. The maximum Gasteiger partial charge on any atom is 0.333 e. The molecule has 0 aliphatic rings. The molecule has 3 aromatic carbocycles. The van der Waals surface area contributed by atoms with Crippen LogP contribution < -0.4 is 10.4 Å². The highest BCUT2D eigenvalue weighted by molar-refractivity contribution is 6.01. The van der Waals surface area contributed by atoms with E-state index in [9.17, 15) is 4.79 Å². The molecule has 0 aliphatic heterocycles. The number of nitrogens with zero attached hydrogens (tertiary/aromatic N) is 2. The van der Waals surface area contributed by atoms with Gasteiger partial charge in [0.25, 0.3) is 0 Å². The van der Waals surface area contributed by atoms with Crippen LogP contribution in [0.2, 0.25) is 0 Å². The number of rotatable bonds is 3. The molecule has 0 aliphatic carbocycles. The van der Waals surface area contributed by atoms with Crippen LogP contribution in [0.3, 0.4) is 0 Å². The summed E-state index contributed by atoms with van der Waals surface area (Å²) in [6, 6.07) is 26.0. The molecular formula is C23H18N2O2. The van der Waals surface area contributed by atoms with Crippen molar-refractivity contribution in [3.05, 3.63) is 94.9 Å². The smallest absolute Gasteiger partial charge is 0.333 e. The first-order valence-electron chi connectivity index (χ1n) is 8.91. The van der Waals surface area contributed by atoms with Crippen LogP contribution >= 0.6 is 0 Å². The van der Waals surface area contributed by atoms with Crippen molar-refractivity contribution < 1.29 is 4.74 Å². The SMILES string of the molecule is COc1ccc2c(c1)cc1c3ccccc3n(Cc3ccccc3)c(=O)n21. The minimum Gasteiger partial charge on any atom is -0.497 e. The molecule has 5 aromatic rings. The van der Waals surface area contributed by atoms with E-state index in [0.717, 1.165) is 38.6 Å². The van der Waals surface area contributed by atoms with E-state index in [4.69, 9.17) is 4.74 Å². The van der Waals surface area contributed by atoms with E-state index >= 15 is 0 Å². The lowest BCUT2D eigenvalue weighted by Crippen LogP contribution is -2.27. The summed E-state index contributed by atoms with van der Waals surface area (Å²) in [5.74, 6) is 0.785. The summed E-state index contributed by atoms with van der Waals surface area (Å²) in [6.45, 7) is 0.534. The second kappa shape index (κ2) is 6.02. The number of aromatic nitrogens is 2. The van der Waals surface area contributed by atoms with Gasteiger partial charge in [-0.2, -0.15) is 0 Å². The summed E-state index contributed by atoms with van der Waals surface area (Å²) in [5, 5.41) is 2.05. The normalized spacial score (nSPS) is 11.4. The van der Waals surface area contributed by atoms with E-state index in [0.29, 0.717) is 6.54 Å². The molecule has 27 heavy (non-hydrogen) atoms. The third-order valence-corrected chi connectivity index (χ3v) is 5.09. The van der Waals surface area contributed by atoms with Crippen LogP contribution in [0.5, 0.6) is 5.75 Å². The minimum atomic E-state index is -0.0345. The highest BCUT2D eigenvalue weighted by Crippen LogP contribution is 2.28. The van der Waals surface area contributed by atoms with Crippen molar-refractivity contribution in [3.63, 3.8) is 0 Å². The molecule has 2 aromatic heterocycles. The topological polar surface area (TPSA) is 35.6 Å². The van der Waals surface area contributed by atoms with Crippen molar-refractivity contribution in [2.45, 2.75) is 6.54 Å². The van der Waals surface area contributed by atoms with E-state index in [1.54, 1.807) is 11.5 Å². The molecule has 4 heteroatoms. The van der Waals surface area contributed by atoms with Crippen molar-refractivity contribution in [2.24, 2.45) is 0 Å². The Balaban J connectivity index is 1.89. The number of hydrogen-bond acceptors (Lipinski definition) is 2. The first-order valence-corrected chi connectivity index (χ1v) is 8.91. The number of fused-ring (bicyclic) bond motifs is 5. The van der Waals surface area contributed by atoms with E-state index in [-0.39, 0.29) is 5.69 Å². The zero-order valence-corrected chi connectivity index (χ0v) is 14.9. The zero-order chi connectivity index (χ0) is 18.4.